The molecule has 2 rings (SSSR count). The van der Waals surface area contributed by atoms with E-state index >= 15 is 0 Å². The van der Waals surface area contributed by atoms with Crippen molar-refractivity contribution in [3.8, 4) is 0 Å². The highest BCUT2D eigenvalue weighted by Gasteiger charge is 2.28. The largest absolute Gasteiger partial charge is 0.324 e. The van der Waals surface area contributed by atoms with Gasteiger partial charge in [-0.15, -0.1) is 12.4 Å². The van der Waals surface area contributed by atoms with Crippen molar-refractivity contribution < 1.29 is 8.78 Å². The van der Waals surface area contributed by atoms with Crippen LogP contribution in [0.4, 0.5) is 8.78 Å². The number of hydrogen-bond acceptors (Lipinski definition) is 1. The molecule has 0 spiro atoms. The Morgan fingerprint density at radius 1 is 1.18 bits per heavy atom. The van der Waals surface area contributed by atoms with Crippen molar-refractivity contribution in [1.29, 1.82) is 0 Å². The van der Waals surface area contributed by atoms with E-state index in [1.807, 2.05) is 0 Å². The van der Waals surface area contributed by atoms with Crippen molar-refractivity contribution in [3.05, 3.63) is 34.4 Å². The molecule has 0 unspecified atom stereocenters. The van der Waals surface area contributed by atoms with Crippen LogP contribution >= 0.6 is 24.0 Å². The van der Waals surface area contributed by atoms with E-state index in [1.54, 1.807) is 0 Å². The third-order valence-corrected chi connectivity index (χ3v) is 3.70. The van der Waals surface area contributed by atoms with E-state index in [9.17, 15) is 8.78 Å². The highest BCUT2D eigenvalue weighted by Crippen LogP contribution is 2.38. The van der Waals surface area contributed by atoms with Crippen LogP contribution in [0.5, 0.6) is 0 Å². The van der Waals surface area contributed by atoms with Gasteiger partial charge in [0.05, 0.1) is 5.02 Å². The Labute approximate surface area is 111 Å². The summed E-state index contributed by atoms with van der Waals surface area (Å²) in [7, 11) is 0. The van der Waals surface area contributed by atoms with E-state index in [2.05, 4.69) is 0 Å². The highest BCUT2D eigenvalue weighted by atomic mass is 35.5. The summed E-state index contributed by atoms with van der Waals surface area (Å²) in [5, 5.41) is -0.167. The fraction of sp³-hybridized carbons (Fsp3) is 0.500. The fourth-order valence-electron chi connectivity index (χ4n) is 2.40. The first-order valence-corrected chi connectivity index (χ1v) is 5.88. The summed E-state index contributed by atoms with van der Waals surface area (Å²) in [5.41, 5.74) is 6.11. The number of benzene rings is 1. The summed E-state index contributed by atoms with van der Waals surface area (Å²) >= 11 is 5.78. The van der Waals surface area contributed by atoms with Crippen LogP contribution < -0.4 is 5.73 Å². The second kappa shape index (κ2) is 5.98. The zero-order valence-electron chi connectivity index (χ0n) is 9.26. The van der Waals surface area contributed by atoms with E-state index in [4.69, 9.17) is 17.3 Å². The lowest BCUT2D eigenvalue weighted by atomic mass is 9.92. The lowest BCUT2D eigenvalue weighted by molar-refractivity contribution is 0.426. The molecule has 96 valence electrons. The Kier molecular flexibility index (Phi) is 5.17. The Bertz CT molecular complexity index is 392. The van der Waals surface area contributed by atoms with E-state index in [0.29, 0.717) is 0 Å². The van der Waals surface area contributed by atoms with Gasteiger partial charge in [0.25, 0.3) is 0 Å². The summed E-state index contributed by atoms with van der Waals surface area (Å²) in [4.78, 5) is 0. The standard InChI is InChI=1S/C12H14ClF2N.ClH/c13-11-9(15)6-5-8(14)10(11)12(16)7-3-1-2-4-7;/h5-7,12H,1-4,16H2;1H/t12-;/m0./s1. The zero-order valence-corrected chi connectivity index (χ0v) is 10.8. The highest BCUT2D eigenvalue weighted by molar-refractivity contribution is 6.31. The van der Waals surface area contributed by atoms with E-state index in [0.717, 1.165) is 37.8 Å². The topological polar surface area (TPSA) is 26.0 Å². The summed E-state index contributed by atoms with van der Waals surface area (Å²) in [6.45, 7) is 0. The molecule has 1 saturated carbocycles. The van der Waals surface area contributed by atoms with Gasteiger partial charge in [-0.3, -0.25) is 0 Å². The molecule has 5 heteroatoms. The molecule has 1 fully saturated rings. The maximum absolute atomic E-state index is 13.6. The van der Waals surface area contributed by atoms with E-state index < -0.39 is 17.7 Å². The molecular weight excluding hydrogens is 267 g/mol. The van der Waals surface area contributed by atoms with Crippen molar-refractivity contribution in [2.75, 3.05) is 0 Å². The third-order valence-electron chi connectivity index (χ3n) is 3.32. The van der Waals surface area contributed by atoms with Crippen molar-refractivity contribution >= 4 is 24.0 Å². The molecule has 1 aliphatic rings. The minimum Gasteiger partial charge on any atom is -0.324 e. The molecule has 0 aliphatic heterocycles. The molecule has 0 saturated heterocycles. The third kappa shape index (κ3) is 2.90. The Morgan fingerprint density at radius 2 is 1.71 bits per heavy atom. The number of hydrogen-bond donors (Lipinski definition) is 1. The zero-order chi connectivity index (χ0) is 11.7. The van der Waals surface area contributed by atoms with Gasteiger partial charge in [-0.05, 0) is 30.9 Å². The van der Waals surface area contributed by atoms with E-state index in [-0.39, 0.29) is 28.9 Å². The molecule has 1 aromatic carbocycles. The van der Waals surface area contributed by atoms with Crippen molar-refractivity contribution in [2.24, 2.45) is 11.7 Å². The van der Waals surface area contributed by atoms with Crippen LogP contribution in [0.1, 0.15) is 37.3 Å². The quantitative estimate of drug-likeness (QED) is 0.807. The van der Waals surface area contributed by atoms with Gasteiger partial charge in [-0.2, -0.15) is 0 Å². The summed E-state index contributed by atoms with van der Waals surface area (Å²) in [6, 6.07) is 1.62. The number of rotatable bonds is 2. The maximum atomic E-state index is 13.6. The fourth-order valence-corrected chi connectivity index (χ4v) is 2.68. The smallest absolute Gasteiger partial charge is 0.142 e. The first-order chi connectivity index (χ1) is 7.61. The molecule has 0 heterocycles. The molecule has 1 aliphatic carbocycles. The van der Waals surface area contributed by atoms with Gasteiger partial charge in [0.1, 0.15) is 11.6 Å². The van der Waals surface area contributed by atoms with E-state index in [1.165, 1.54) is 0 Å². The molecule has 0 radical (unpaired) electrons. The lowest BCUT2D eigenvalue weighted by Crippen LogP contribution is -2.21. The van der Waals surface area contributed by atoms with Gasteiger partial charge in [0.15, 0.2) is 0 Å². The Hall–Kier alpha value is -0.380. The molecule has 1 aromatic rings. The predicted octanol–water partition coefficient (Wildman–Crippen LogP) is 4.23. The number of halogens is 4. The number of nitrogens with two attached hydrogens (primary N) is 1. The van der Waals surface area contributed by atoms with Gasteiger partial charge in [0.2, 0.25) is 0 Å². The van der Waals surface area contributed by atoms with Crippen molar-refractivity contribution in [3.63, 3.8) is 0 Å². The summed E-state index contributed by atoms with van der Waals surface area (Å²) in [5.74, 6) is -0.897. The van der Waals surface area contributed by atoms with Crippen LogP contribution in [0.2, 0.25) is 5.02 Å². The first-order valence-electron chi connectivity index (χ1n) is 5.50. The van der Waals surface area contributed by atoms with Gasteiger partial charge in [-0.1, -0.05) is 24.4 Å². The minimum atomic E-state index is -0.605. The van der Waals surface area contributed by atoms with Crippen LogP contribution in [-0.4, -0.2) is 0 Å². The van der Waals surface area contributed by atoms with Crippen LogP contribution in [0.15, 0.2) is 12.1 Å². The Morgan fingerprint density at radius 3 is 2.29 bits per heavy atom. The van der Waals surface area contributed by atoms with Gasteiger partial charge in [0, 0.05) is 11.6 Å². The molecule has 2 N–H and O–H groups in total. The van der Waals surface area contributed by atoms with Gasteiger partial charge >= 0.3 is 0 Å². The molecule has 17 heavy (non-hydrogen) atoms. The second-order valence-electron chi connectivity index (χ2n) is 4.33. The van der Waals surface area contributed by atoms with Gasteiger partial charge < -0.3 is 5.73 Å². The molecule has 0 aromatic heterocycles. The van der Waals surface area contributed by atoms with Crippen LogP contribution in [0, 0.1) is 17.6 Å². The maximum Gasteiger partial charge on any atom is 0.142 e. The average molecular weight is 282 g/mol. The van der Waals surface area contributed by atoms with Crippen molar-refractivity contribution in [1.82, 2.24) is 0 Å². The lowest BCUT2D eigenvalue weighted by Gasteiger charge is -2.21. The van der Waals surface area contributed by atoms with Crippen LogP contribution in [0.25, 0.3) is 0 Å². The Balaban J connectivity index is 0.00000144. The normalized spacial score (nSPS) is 17.9. The minimum absolute atomic E-state index is 0. The second-order valence-corrected chi connectivity index (χ2v) is 4.71. The molecule has 1 atom stereocenters. The molecule has 0 bridgehead atoms. The SMILES string of the molecule is Cl.N[C@H](c1c(F)ccc(F)c1Cl)C1CCCC1. The molecular formula is C12H15Cl2F2N. The molecule has 0 amide bonds. The first kappa shape index (κ1) is 14.7. The monoisotopic (exact) mass is 281 g/mol. The summed E-state index contributed by atoms with van der Waals surface area (Å²) < 4.78 is 26.9. The average Bonchev–Trinajstić information content (AvgIpc) is 2.77. The predicted molar refractivity (Wildman–Crippen MR) is 67.5 cm³/mol. The van der Waals surface area contributed by atoms with Gasteiger partial charge in [-0.25, -0.2) is 8.78 Å². The van der Waals surface area contributed by atoms with Crippen molar-refractivity contribution in [2.45, 2.75) is 31.7 Å². The summed E-state index contributed by atoms with van der Waals surface area (Å²) in [6.07, 6.45) is 4.14. The molecule has 1 nitrogen and oxygen atoms in total. The van der Waals surface area contributed by atoms with Crippen LogP contribution in [0.3, 0.4) is 0 Å². The van der Waals surface area contributed by atoms with Crippen LogP contribution in [-0.2, 0) is 0 Å².